The first-order chi connectivity index (χ1) is 7.16. The van der Waals surface area contributed by atoms with Gasteiger partial charge in [0.2, 0.25) is 0 Å². The van der Waals surface area contributed by atoms with E-state index in [2.05, 4.69) is 24.2 Å². The van der Waals surface area contributed by atoms with E-state index in [0.717, 1.165) is 25.6 Å². The normalized spacial score (nSPS) is 11.4. The summed E-state index contributed by atoms with van der Waals surface area (Å²) in [6.45, 7) is 1.14. The predicted molar refractivity (Wildman–Crippen MR) is 61.5 cm³/mol. The molecule has 0 heterocycles. The van der Waals surface area contributed by atoms with Crippen LogP contribution in [0.4, 0.5) is 0 Å². The molecular formula is C11H22N2O2. The first-order valence-corrected chi connectivity index (χ1v) is 5.52. The Hall–Kier alpha value is -0.900. The first kappa shape index (κ1) is 14.1. The van der Waals surface area contributed by atoms with Crippen molar-refractivity contribution in [3.05, 3.63) is 0 Å². The van der Waals surface area contributed by atoms with Crippen LogP contribution in [0.1, 0.15) is 38.5 Å². The second-order valence-electron chi connectivity index (χ2n) is 4.03. The van der Waals surface area contributed by atoms with E-state index >= 15 is 0 Å². The molecule has 0 radical (unpaired) electrons. The molecule has 0 fully saturated rings. The van der Waals surface area contributed by atoms with Crippen LogP contribution in [0.15, 0.2) is 5.16 Å². The Morgan fingerprint density at radius 2 is 1.80 bits per heavy atom. The average molecular weight is 214 g/mol. The molecular weight excluding hydrogens is 192 g/mol. The van der Waals surface area contributed by atoms with E-state index in [0.29, 0.717) is 6.42 Å². The van der Waals surface area contributed by atoms with Gasteiger partial charge in [0.25, 0.3) is 0 Å². The van der Waals surface area contributed by atoms with E-state index in [9.17, 15) is 4.79 Å². The molecule has 0 atom stereocenters. The molecule has 0 saturated heterocycles. The summed E-state index contributed by atoms with van der Waals surface area (Å²) in [5, 5.41) is 10.8. The van der Waals surface area contributed by atoms with Gasteiger partial charge < -0.3 is 10.1 Å². The number of nitrogens with zero attached hydrogens (tertiary/aromatic N) is 2. The molecule has 0 aromatic heterocycles. The molecule has 0 aromatic rings. The van der Waals surface area contributed by atoms with Gasteiger partial charge in [-0.2, -0.15) is 0 Å². The van der Waals surface area contributed by atoms with Crippen molar-refractivity contribution in [3.63, 3.8) is 0 Å². The minimum Gasteiger partial charge on any atom is -0.411 e. The molecule has 4 nitrogen and oxygen atoms in total. The molecule has 15 heavy (non-hydrogen) atoms. The maximum atomic E-state index is 10.9. The first-order valence-electron chi connectivity index (χ1n) is 5.52. The summed E-state index contributed by atoms with van der Waals surface area (Å²) in [5.41, 5.74) is 0. The van der Waals surface area contributed by atoms with E-state index in [4.69, 9.17) is 5.21 Å². The van der Waals surface area contributed by atoms with Crippen molar-refractivity contribution in [1.29, 1.82) is 0 Å². The number of ketones is 1. The summed E-state index contributed by atoms with van der Waals surface area (Å²) in [6.07, 6.45) is 7.08. The molecule has 0 aromatic carbocycles. The quantitative estimate of drug-likeness (QED) is 0.276. The molecule has 0 aliphatic carbocycles. The minimum atomic E-state index is -0.0919. The molecule has 0 saturated carbocycles. The third kappa shape index (κ3) is 11.0. The van der Waals surface area contributed by atoms with Gasteiger partial charge in [-0.15, -0.1) is 0 Å². The van der Waals surface area contributed by atoms with Crippen LogP contribution >= 0.6 is 0 Å². The predicted octanol–water partition coefficient (Wildman–Crippen LogP) is 1.92. The van der Waals surface area contributed by atoms with Crippen molar-refractivity contribution in [2.75, 3.05) is 20.6 Å². The molecule has 0 unspecified atom stereocenters. The van der Waals surface area contributed by atoms with Crippen molar-refractivity contribution < 1.29 is 10.0 Å². The molecule has 0 amide bonds. The zero-order valence-electron chi connectivity index (χ0n) is 9.78. The van der Waals surface area contributed by atoms with Crippen LogP contribution in [0, 0.1) is 0 Å². The van der Waals surface area contributed by atoms with Crippen molar-refractivity contribution in [3.8, 4) is 0 Å². The zero-order valence-corrected chi connectivity index (χ0v) is 9.78. The molecule has 88 valence electrons. The van der Waals surface area contributed by atoms with Crippen LogP contribution in [-0.2, 0) is 4.79 Å². The molecule has 0 spiro atoms. The average Bonchev–Trinajstić information content (AvgIpc) is 2.16. The number of unbranched alkanes of at least 4 members (excludes halogenated alkanes) is 4. The van der Waals surface area contributed by atoms with Crippen LogP contribution in [0.25, 0.3) is 0 Å². The molecule has 1 N–H and O–H groups in total. The van der Waals surface area contributed by atoms with Crippen molar-refractivity contribution >= 4 is 12.0 Å². The number of oxime groups is 1. The highest BCUT2D eigenvalue weighted by atomic mass is 16.4. The van der Waals surface area contributed by atoms with Gasteiger partial charge in [-0.05, 0) is 33.5 Å². The third-order valence-electron chi connectivity index (χ3n) is 2.23. The van der Waals surface area contributed by atoms with Crippen LogP contribution in [0.5, 0.6) is 0 Å². The van der Waals surface area contributed by atoms with Gasteiger partial charge in [0, 0.05) is 6.42 Å². The van der Waals surface area contributed by atoms with Crippen LogP contribution in [0.2, 0.25) is 0 Å². The second kappa shape index (κ2) is 9.65. The maximum absolute atomic E-state index is 10.9. The third-order valence-corrected chi connectivity index (χ3v) is 2.23. The van der Waals surface area contributed by atoms with E-state index in [1.807, 2.05) is 0 Å². The number of carbonyl (C=O) groups excluding carboxylic acids is 1. The van der Waals surface area contributed by atoms with E-state index in [1.54, 1.807) is 0 Å². The van der Waals surface area contributed by atoms with Gasteiger partial charge in [-0.3, -0.25) is 4.79 Å². The molecule has 0 aliphatic rings. The van der Waals surface area contributed by atoms with Gasteiger partial charge in [0.05, 0.1) is 0 Å². The summed E-state index contributed by atoms with van der Waals surface area (Å²) in [7, 11) is 4.15. The lowest BCUT2D eigenvalue weighted by molar-refractivity contribution is -0.112. The molecule has 0 bridgehead atoms. The lowest BCUT2D eigenvalue weighted by Gasteiger charge is -2.08. The Balaban J connectivity index is 3.15. The van der Waals surface area contributed by atoms with Gasteiger partial charge in [0.1, 0.15) is 6.21 Å². The molecule has 0 rings (SSSR count). The zero-order chi connectivity index (χ0) is 11.5. The fourth-order valence-electron chi connectivity index (χ4n) is 1.39. The number of carbonyl (C=O) groups is 1. The summed E-state index contributed by atoms with van der Waals surface area (Å²) in [6, 6.07) is 0. The monoisotopic (exact) mass is 214 g/mol. The smallest absolute Gasteiger partial charge is 0.177 e. The Labute approximate surface area is 92.0 Å². The second-order valence-corrected chi connectivity index (χ2v) is 4.03. The highest BCUT2D eigenvalue weighted by Crippen LogP contribution is 2.05. The Kier molecular flexibility index (Phi) is 9.07. The Morgan fingerprint density at radius 3 is 2.40 bits per heavy atom. The number of Topliss-reactive ketones (excluding diaryl/α,β-unsaturated/α-hetero) is 1. The highest BCUT2D eigenvalue weighted by molar-refractivity contribution is 6.27. The van der Waals surface area contributed by atoms with E-state index in [1.165, 1.54) is 19.3 Å². The van der Waals surface area contributed by atoms with E-state index < -0.39 is 0 Å². The van der Waals surface area contributed by atoms with Gasteiger partial charge in [0.15, 0.2) is 5.78 Å². The van der Waals surface area contributed by atoms with Crippen molar-refractivity contribution in [1.82, 2.24) is 4.90 Å². The number of hydrogen-bond acceptors (Lipinski definition) is 4. The number of rotatable bonds is 9. The SMILES string of the molecule is CN(C)CCCCCCCC(=O)C=NO. The molecule has 4 heteroatoms. The Bertz CT molecular complexity index is 191. The van der Waals surface area contributed by atoms with Gasteiger partial charge >= 0.3 is 0 Å². The van der Waals surface area contributed by atoms with Crippen LogP contribution < -0.4 is 0 Å². The lowest BCUT2D eigenvalue weighted by atomic mass is 10.1. The van der Waals surface area contributed by atoms with Gasteiger partial charge in [-0.25, -0.2) is 0 Å². The number of hydrogen-bond donors (Lipinski definition) is 1. The topological polar surface area (TPSA) is 52.9 Å². The summed E-state index contributed by atoms with van der Waals surface area (Å²) in [4.78, 5) is 13.1. The van der Waals surface area contributed by atoms with Crippen molar-refractivity contribution in [2.45, 2.75) is 38.5 Å². The summed E-state index contributed by atoms with van der Waals surface area (Å²) >= 11 is 0. The van der Waals surface area contributed by atoms with Crippen LogP contribution in [-0.4, -0.2) is 42.7 Å². The van der Waals surface area contributed by atoms with Crippen molar-refractivity contribution in [2.24, 2.45) is 5.16 Å². The summed E-state index contributed by atoms with van der Waals surface area (Å²) < 4.78 is 0. The Morgan fingerprint density at radius 1 is 1.20 bits per heavy atom. The van der Waals surface area contributed by atoms with Crippen LogP contribution in [0.3, 0.4) is 0 Å². The standard InChI is InChI=1S/C11H22N2O2/c1-13(2)9-7-5-3-4-6-8-11(14)10-12-15/h10,15H,3-9H2,1-2H3. The van der Waals surface area contributed by atoms with E-state index in [-0.39, 0.29) is 5.78 Å². The maximum Gasteiger partial charge on any atom is 0.177 e. The lowest BCUT2D eigenvalue weighted by Crippen LogP contribution is -2.12. The highest BCUT2D eigenvalue weighted by Gasteiger charge is 1.98. The van der Waals surface area contributed by atoms with Gasteiger partial charge in [-0.1, -0.05) is 24.4 Å². The summed E-state index contributed by atoms with van der Waals surface area (Å²) in [5.74, 6) is -0.0919. The fraction of sp³-hybridized carbons (Fsp3) is 0.818. The minimum absolute atomic E-state index is 0.0919. The largest absolute Gasteiger partial charge is 0.411 e. The fourth-order valence-corrected chi connectivity index (χ4v) is 1.39. The molecule has 0 aliphatic heterocycles.